The Bertz CT molecular complexity index is 900. The van der Waals surface area contributed by atoms with E-state index in [9.17, 15) is 18.4 Å². The number of anilines is 1. The van der Waals surface area contributed by atoms with Crippen molar-refractivity contribution in [1.29, 1.82) is 0 Å². The number of halogens is 2. The summed E-state index contributed by atoms with van der Waals surface area (Å²) in [6, 6.07) is 8.29. The van der Waals surface area contributed by atoms with Crippen LogP contribution in [-0.4, -0.2) is 24.4 Å². The largest absolute Gasteiger partial charge is 0.342 e. The second-order valence-electron chi connectivity index (χ2n) is 6.48. The Morgan fingerprint density at radius 1 is 1.15 bits per heavy atom. The summed E-state index contributed by atoms with van der Waals surface area (Å²) in [5, 5.41) is 8.51. The summed E-state index contributed by atoms with van der Waals surface area (Å²) in [6.45, 7) is 0.352. The van der Waals surface area contributed by atoms with Crippen LogP contribution in [-0.2, 0) is 22.4 Å². The lowest BCUT2D eigenvalue weighted by Gasteiger charge is -2.30. The molecule has 0 aliphatic carbocycles. The zero-order valence-corrected chi connectivity index (χ0v) is 13.8. The average Bonchev–Trinajstić information content (AvgIpc) is 2.65. The normalized spacial score (nSPS) is 21.4. The first-order chi connectivity index (χ1) is 12.5. The quantitative estimate of drug-likeness (QED) is 0.768. The van der Waals surface area contributed by atoms with E-state index in [1.54, 1.807) is 0 Å². The SMILES string of the molecule is O=C1Nc2ccccc2CC1NC(=O)C1NCCc2c1ccc(F)c2F. The molecule has 2 aromatic rings. The van der Waals surface area contributed by atoms with Crippen LogP contribution in [0.2, 0.25) is 0 Å². The van der Waals surface area contributed by atoms with Crippen LogP contribution in [0.5, 0.6) is 0 Å². The Hall–Kier alpha value is -2.80. The van der Waals surface area contributed by atoms with Crippen LogP contribution in [0.15, 0.2) is 36.4 Å². The number of benzene rings is 2. The third-order valence-electron chi connectivity index (χ3n) is 4.86. The second-order valence-corrected chi connectivity index (χ2v) is 6.48. The van der Waals surface area contributed by atoms with E-state index < -0.39 is 29.6 Å². The molecule has 3 N–H and O–H groups in total. The molecule has 4 rings (SSSR count). The molecule has 2 heterocycles. The van der Waals surface area contributed by atoms with E-state index in [0.717, 1.165) is 17.3 Å². The minimum absolute atomic E-state index is 0.211. The Kier molecular flexibility index (Phi) is 4.16. The number of amides is 2. The number of carbonyl (C=O) groups excluding carboxylic acids is 2. The van der Waals surface area contributed by atoms with Crippen molar-refractivity contribution in [2.24, 2.45) is 0 Å². The van der Waals surface area contributed by atoms with Gasteiger partial charge in [0.2, 0.25) is 11.8 Å². The van der Waals surface area contributed by atoms with E-state index in [0.29, 0.717) is 24.9 Å². The molecule has 0 fully saturated rings. The Balaban J connectivity index is 1.55. The summed E-state index contributed by atoms with van der Waals surface area (Å²) in [5.41, 5.74) is 2.29. The molecular formula is C19H17F2N3O2. The topological polar surface area (TPSA) is 70.2 Å². The summed E-state index contributed by atoms with van der Waals surface area (Å²) >= 11 is 0. The van der Waals surface area contributed by atoms with Crippen LogP contribution in [0.25, 0.3) is 0 Å². The molecule has 0 spiro atoms. The summed E-state index contributed by atoms with van der Waals surface area (Å²) in [5.74, 6) is -2.56. The molecule has 26 heavy (non-hydrogen) atoms. The molecule has 0 saturated carbocycles. The fraction of sp³-hybridized carbons (Fsp3) is 0.263. The Morgan fingerprint density at radius 3 is 2.81 bits per heavy atom. The van der Waals surface area contributed by atoms with Gasteiger partial charge in [-0.2, -0.15) is 0 Å². The van der Waals surface area contributed by atoms with Crippen LogP contribution in [0, 0.1) is 11.6 Å². The predicted octanol–water partition coefficient (Wildman–Crippen LogP) is 1.83. The van der Waals surface area contributed by atoms with Crippen molar-refractivity contribution in [3.05, 3.63) is 64.7 Å². The first-order valence-electron chi connectivity index (χ1n) is 8.44. The molecule has 0 bridgehead atoms. The first kappa shape index (κ1) is 16.7. The Labute approximate surface area is 148 Å². The zero-order valence-electron chi connectivity index (χ0n) is 13.8. The lowest BCUT2D eigenvalue weighted by molar-refractivity contribution is -0.128. The van der Waals surface area contributed by atoms with Crippen LogP contribution in [0.3, 0.4) is 0 Å². The molecule has 5 nitrogen and oxygen atoms in total. The van der Waals surface area contributed by atoms with Gasteiger partial charge in [-0.25, -0.2) is 8.78 Å². The molecule has 2 aliphatic heterocycles. The molecular weight excluding hydrogens is 340 g/mol. The van der Waals surface area contributed by atoms with Crippen molar-refractivity contribution in [2.45, 2.75) is 24.9 Å². The van der Waals surface area contributed by atoms with Gasteiger partial charge < -0.3 is 16.0 Å². The van der Waals surface area contributed by atoms with E-state index in [2.05, 4.69) is 16.0 Å². The monoisotopic (exact) mass is 357 g/mol. The van der Waals surface area contributed by atoms with E-state index >= 15 is 0 Å². The van der Waals surface area contributed by atoms with Crippen molar-refractivity contribution in [3.8, 4) is 0 Å². The maximum Gasteiger partial charge on any atom is 0.247 e. The summed E-state index contributed by atoms with van der Waals surface area (Å²) in [4.78, 5) is 25.0. The van der Waals surface area contributed by atoms with Gasteiger partial charge in [0, 0.05) is 18.7 Å². The summed E-state index contributed by atoms with van der Waals surface area (Å²) in [7, 11) is 0. The summed E-state index contributed by atoms with van der Waals surface area (Å²) in [6.07, 6.45) is 0.686. The number of carbonyl (C=O) groups is 2. The van der Waals surface area contributed by atoms with Gasteiger partial charge in [-0.3, -0.25) is 9.59 Å². The molecule has 2 aliphatic rings. The van der Waals surface area contributed by atoms with Crippen LogP contribution < -0.4 is 16.0 Å². The van der Waals surface area contributed by atoms with Crippen molar-refractivity contribution in [3.63, 3.8) is 0 Å². The predicted molar refractivity (Wildman–Crippen MR) is 91.5 cm³/mol. The van der Waals surface area contributed by atoms with Gasteiger partial charge in [0.1, 0.15) is 12.1 Å². The molecule has 2 aromatic carbocycles. The van der Waals surface area contributed by atoms with Crippen LogP contribution in [0.4, 0.5) is 14.5 Å². The highest BCUT2D eigenvalue weighted by Crippen LogP contribution is 2.28. The van der Waals surface area contributed by atoms with Gasteiger partial charge in [0.15, 0.2) is 11.6 Å². The molecule has 2 amide bonds. The van der Waals surface area contributed by atoms with Crippen LogP contribution >= 0.6 is 0 Å². The maximum atomic E-state index is 14.0. The van der Waals surface area contributed by atoms with Crippen molar-refractivity contribution < 1.29 is 18.4 Å². The van der Waals surface area contributed by atoms with Crippen LogP contribution in [0.1, 0.15) is 22.7 Å². The molecule has 2 unspecified atom stereocenters. The number of fused-ring (bicyclic) bond motifs is 2. The maximum absolute atomic E-state index is 14.0. The molecule has 0 aromatic heterocycles. The van der Waals surface area contributed by atoms with E-state index in [-0.39, 0.29) is 11.5 Å². The fourth-order valence-electron chi connectivity index (χ4n) is 3.54. The van der Waals surface area contributed by atoms with Crippen molar-refractivity contribution in [1.82, 2.24) is 10.6 Å². The molecule has 2 atom stereocenters. The number of hydrogen-bond acceptors (Lipinski definition) is 3. The lowest BCUT2D eigenvalue weighted by atomic mass is 9.92. The number of para-hydroxylation sites is 1. The smallest absolute Gasteiger partial charge is 0.247 e. The lowest BCUT2D eigenvalue weighted by Crippen LogP contribution is -2.51. The second kappa shape index (κ2) is 6.49. The van der Waals surface area contributed by atoms with Crippen molar-refractivity contribution >= 4 is 17.5 Å². The third kappa shape index (κ3) is 2.84. The van der Waals surface area contributed by atoms with Gasteiger partial charge in [0.05, 0.1) is 0 Å². The molecule has 7 heteroatoms. The molecule has 134 valence electrons. The highest BCUT2D eigenvalue weighted by molar-refractivity contribution is 6.00. The number of rotatable bonds is 2. The van der Waals surface area contributed by atoms with Gasteiger partial charge in [-0.1, -0.05) is 24.3 Å². The number of nitrogens with one attached hydrogen (secondary N) is 3. The molecule has 0 saturated heterocycles. The first-order valence-corrected chi connectivity index (χ1v) is 8.44. The minimum Gasteiger partial charge on any atom is -0.342 e. The highest BCUT2D eigenvalue weighted by Gasteiger charge is 2.33. The van der Waals surface area contributed by atoms with E-state index in [1.807, 2.05) is 24.3 Å². The third-order valence-corrected chi connectivity index (χ3v) is 4.86. The van der Waals surface area contributed by atoms with Crippen molar-refractivity contribution in [2.75, 3.05) is 11.9 Å². The van der Waals surface area contributed by atoms with Gasteiger partial charge in [-0.05, 0) is 35.2 Å². The molecule has 0 radical (unpaired) electrons. The zero-order chi connectivity index (χ0) is 18.3. The van der Waals surface area contributed by atoms with Gasteiger partial charge in [0.25, 0.3) is 0 Å². The Morgan fingerprint density at radius 2 is 1.96 bits per heavy atom. The van der Waals surface area contributed by atoms with Gasteiger partial charge in [-0.15, -0.1) is 0 Å². The van der Waals surface area contributed by atoms with E-state index in [4.69, 9.17) is 0 Å². The standard InChI is InChI=1S/C19H17F2N3O2/c20-13-6-5-12-11(16(13)21)7-8-22-17(12)19(26)24-15-9-10-3-1-2-4-14(10)23-18(15)25/h1-6,15,17,22H,7-9H2,(H,23,25)(H,24,26). The number of hydrogen-bond donors (Lipinski definition) is 3. The average molecular weight is 357 g/mol. The fourth-order valence-corrected chi connectivity index (χ4v) is 3.54. The summed E-state index contributed by atoms with van der Waals surface area (Å²) < 4.78 is 27.5. The highest BCUT2D eigenvalue weighted by atomic mass is 19.2. The minimum atomic E-state index is -0.923. The van der Waals surface area contributed by atoms with E-state index in [1.165, 1.54) is 6.07 Å². The van der Waals surface area contributed by atoms with Gasteiger partial charge >= 0.3 is 0 Å².